The van der Waals surface area contributed by atoms with Crippen LogP contribution in [0.1, 0.15) is 34.5 Å². The summed E-state index contributed by atoms with van der Waals surface area (Å²) in [7, 11) is 0. The van der Waals surface area contributed by atoms with Gasteiger partial charge in [0.2, 0.25) is 5.91 Å². The van der Waals surface area contributed by atoms with Crippen LogP contribution in [0.15, 0.2) is 36.5 Å². The van der Waals surface area contributed by atoms with E-state index in [-0.39, 0.29) is 11.9 Å². The standard InChI is InChI=1S/C18H19N7O/c26-18(17-13-9-20-21-14(13)10-19-17)24-6-7-25-15(22-23-16(25)11-24)8-12-4-2-1-3-5-12/h1-5,9,17,19H,6-8,10-11H2,(H,20,21). The number of rotatable bonds is 3. The molecule has 0 saturated carbocycles. The molecule has 1 atom stereocenters. The molecule has 1 aromatic carbocycles. The molecule has 2 N–H and O–H groups in total. The Morgan fingerprint density at radius 1 is 1.19 bits per heavy atom. The van der Waals surface area contributed by atoms with Crippen molar-refractivity contribution in [3.05, 3.63) is 65.0 Å². The fourth-order valence-electron chi connectivity index (χ4n) is 3.74. The summed E-state index contributed by atoms with van der Waals surface area (Å²) in [6, 6.07) is 9.93. The van der Waals surface area contributed by atoms with Crippen LogP contribution in [0, 0.1) is 0 Å². The molecule has 2 aliphatic heterocycles. The Hall–Kier alpha value is -3.00. The monoisotopic (exact) mass is 349 g/mol. The Kier molecular flexibility index (Phi) is 3.56. The van der Waals surface area contributed by atoms with Crippen molar-refractivity contribution < 1.29 is 4.79 Å². The van der Waals surface area contributed by atoms with Gasteiger partial charge in [0.05, 0.1) is 18.4 Å². The molecule has 1 unspecified atom stereocenters. The smallest absolute Gasteiger partial charge is 0.244 e. The predicted molar refractivity (Wildman–Crippen MR) is 92.9 cm³/mol. The minimum absolute atomic E-state index is 0.0732. The third-order valence-corrected chi connectivity index (χ3v) is 5.14. The van der Waals surface area contributed by atoms with E-state index in [0.717, 1.165) is 35.9 Å². The van der Waals surface area contributed by atoms with Gasteiger partial charge in [0.25, 0.3) is 0 Å². The van der Waals surface area contributed by atoms with Gasteiger partial charge in [-0.1, -0.05) is 30.3 Å². The molecule has 0 aliphatic carbocycles. The maximum atomic E-state index is 12.9. The number of hydrogen-bond donors (Lipinski definition) is 2. The predicted octanol–water partition coefficient (Wildman–Crippen LogP) is 0.779. The Bertz CT molecular complexity index is 946. The summed E-state index contributed by atoms with van der Waals surface area (Å²) < 4.78 is 2.14. The number of fused-ring (bicyclic) bond motifs is 2. The second-order valence-corrected chi connectivity index (χ2v) is 6.72. The normalized spacial score (nSPS) is 18.6. The summed E-state index contributed by atoms with van der Waals surface area (Å²) in [6.07, 6.45) is 2.49. The van der Waals surface area contributed by atoms with Crippen LogP contribution in [0.2, 0.25) is 0 Å². The van der Waals surface area contributed by atoms with E-state index >= 15 is 0 Å². The van der Waals surface area contributed by atoms with E-state index < -0.39 is 0 Å². The van der Waals surface area contributed by atoms with Crippen LogP contribution < -0.4 is 5.32 Å². The van der Waals surface area contributed by atoms with Crippen molar-refractivity contribution in [2.24, 2.45) is 0 Å². The molecule has 132 valence electrons. The second-order valence-electron chi connectivity index (χ2n) is 6.72. The van der Waals surface area contributed by atoms with E-state index in [2.05, 4.69) is 42.4 Å². The molecule has 2 aliphatic rings. The molecule has 0 spiro atoms. The van der Waals surface area contributed by atoms with Crippen molar-refractivity contribution in [1.82, 2.24) is 35.2 Å². The molecule has 0 bridgehead atoms. The summed E-state index contributed by atoms with van der Waals surface area (Å²) in [5.74, 6) is 1.87. The number of aromatic nitrogens is 5. The summed E-state index contributed by atoms with van der Waals surface area (Å²) in [5.41, 5.74) is 3.16. The molecule has 0 fully saturated rings. The first kappa shape index (κ1) is 15.3. The summed E-state index contributed by atoms with van der Waals surface area (Å²) in [5, 5.41) is 18.9. The quantitative estimate of drug-likeness (QED) is 0.729. The minimum Gasteiger partial charge on any atom is -0.332 e. The second kappa shape index (κ2) is 6.06. The van der Waals surface area contributed by atoms with Crippen molar-refractivity contribution in [3.63, 3.8) is 0 Å². The molecule has 5 rings (SSSR count). The van der Waals surface area contributed by atoms with Crippen LogP contribution in [-0.4, -0.2) is 42.3 Å². The van der Waals surface area contributed by atoms with E-state index in [4.69, 9.17) is 0 Å². The third kappa shape index (κ3) is 2.50. The number of aromatic amines is 1. The molecule has 26 heavy (non-hydrogen) atoms. The lowest BCUT2D eigenvalue weighted by atomic mass is 10.1. The zero-order valence-corrected chi connectivity index (χ0v) is 14.2. The van der Waals surface area contributed by atoms with Crippen LogP contribution in [0.25, 0.3) is 0 Å². The van der Waals surface area contributed by atoms with Gasteiger partial charge in [-0.2, -0.15) is 5.10 Å². The number of carbonyl (C=O) groups excluding carboxylic acids is 1. The van der Waals surface area contributed by atoms with Gasteiger partial charge in [-0.15, -0.1) is 10.2 Å². The SMILES string of the molecule is O=C(C1NCc2[nH]ncc21)N1CCn2c(Cc3ccccc3)nnc2C1. The van der Waals surface area contributed by atoms with Gasteiger partial charge in [0.15, 0.2) is 5.82 Å². The highest BCUT2D eigenvalue weighted by molar-refractivity contribution is 5.84. The maximum absolute atomic E-state index is 12.9. The highest BCUT2D eigenvalue weighted by Crippen LogP contribution is 2.26. The molecule has 0 radical (unpaired) electrons. The number of nitrogens with one attached hydrogen (secondary N) is 2. The fourth-order valence-corrected chi connectivity index (χ4v) is 3.74. The molecule has 8 heteroatoms. The molecular formula is C18H19N7O. The van der Waals surface area contributed by atoms with E-state index in [1.54, 1.807) is 6.20 Å². The molecule has 8 nitrogen and oxygen atoms in total. The third-order valence-electron chi connectivity index (χ3n) is 5.14. The Morgan fingerprint density at radius 3 is 2.96 bits per heavy atom. The zero-order valence-electron chi connectivity index (χ0n) is 14.2. The zero-order chi connectivity index (χ0) is 17.5. The van der Waals surface area contributed by atoms with Crippen molar-refractivity contribution in [3.8, 4) is 0 Å². The first-order valence-corrected chi connectivity index (χ1v) is 8.79. The molecule has 1 amide bonds. The van der Waals surface area contributed by atoms with E-state index in [0.29, 0.717) is 19.6 Å². The van der Waals surface area contributed by atoms with Crippen LogP contribution in [0.5, 0.6) is 0 Å². The van der Waals surface area contributed by atoms with Gasteiger partial charge in [0.1, 0.15) is 11.9 Å². The number of hydrogen-bond acceptors (Lipinski definition) is 5. The summed E-state index contributed by atoms with van der Waals surface area (Å²) >= 11 is 0. The van der Waals surface area contributed by atoms with Crippen molar-refractivity contribution >= 4 is 5.91 Å². The number of benzene rings is 1. The van der Waals surface area contributed by atoms with Gasteiger partial charge in [-0.25, -0.2) is 0 Å². The Labute approximate surface area is 150 Å². The number of carbonyl (C=O) groups is 1. The average Bonchev–Trinajstić information content (AvgIpc) is 3.38. The minimum atomic E-state index is -0.318. The summed E-state index contributed by atoms with van der Waals surface area (Å²) in [4.78, 5) is 14.8. The number of amides is 1. The van der Waals surface area contributed by atoms with Gasteiger partial charge >= 0.3 is 0 Å². The van der Waals surface area contributed by atoms with E-state index in [9.17, 15) is 4.79 Å². The lowest BCUT2D eigenvalue weighted by Gasteiger charge is -2.30. The Balaban J connectivity index is 1.33. The number of nitrogens with zero attached hydrogens (tertiary/aromatic N) is 5. The largest absolute Gasteiger partial charge is 0.332 e. The van der Waals surface area contributed by atoms with E-state index in [1.165, 1.54) is 5.56 Å². The van der Waals surface area contributed by atoms with Crippen molar-refractivity contribution in [2.45, 2.75) is 32.1 Å². The molecular weight excluding hydrogens is 330 g/mol. The average molecular weight is 349 g/mol. The van der Waals surface area contributed by atoms with Crippen LogP contribution in [0.4, 0.5) is 0 Å². The molecule has 3 aromatic rings. The van der Waals surface area contributed by atoms with Crippen molar-refractivity contribution in [2.75, 3.05) is 6.54 Å². The highest BCUT2D eigenvalue weighted by atomic mass is 16.2. The van der Waals surface area contributed by atoms with Crippen molar-refractivity contribution in [1.29, 1.82) is 0 Å². The van der Waals surface area contributed by atoms with Gasteiger partial charge in [-0.3, -0.25) is 15.2 Å². The van der Waals surface area contributed by atoms with Gasteiger partial charge in [-0.05, 0) is 5.56 Å². The fraction of sp³-hybridized carbons (Fsp3) is 0.333. The highest BCUT2D eigenvalue weighted by Gasteiger charge is 2.34. The topological polar surface area (TPSA) is 91.7 Å². The van der Waals surface area contributed by atoms with Crippen LogP contribution in [0.3, 0.4) is 0 Å². The maximum Gasteiger partial charge on any atom is 0.244 e. The van der Waals surface area contributed by atoms with Gasteiger partial charge < -0.3 is 9.47 Å². The van der Waals surface area contributed by atoms with Crippen LogP contribution >= 0.6 is 0 Å². The van der Waals surface area contributed by atoms with Gasteiger partial charge in [0, 0.05) is 31.6 Å². The lowest BCUT2D eigenvalue weighted by molar-refractivity contribution is -0.135. The van der Waals surface area contributed by atoms with Crippen LogP contribution in [-0.2, 0) is 30.8 Å². The van der Waals surface area contributed by atoms with E-state index in [1.807, 2.05) is 23.1 Å². The Morgan fingerprint density at radius 2 is 2.08 bits per heavy atom. The molecule has 4 heterocycles. The lowest BCUT2D eigenvalue weighted by Crippen LogP contribution is -2.43. The number of H-pyrrole nitrogens is 1. The molecule has 2 aromatic heterocycles. The molecule has 0 saturated heterocycles. The first-order valence-electron chi connectivity index (χ1n) is 8.79. The first-order chi connectivity index (χ1) is 12.8. The summed E-state index contributed by atoms with van der Waals surface area (Å²) in [6.45, 7) is 2.53.